The van der Waals surface area contributed by atoms with Crippen molar-refractivity contribution >= 4 is 5.69 Å². The second kappa shape index (κ2) is 6.24. The van der Waals surface area contributed by atoms with Crippen LogP contribution in [-0.2, 0) is 6.54 Å². The molecule has 0 spiro atoms. The highest BCUT2D eigenvalue weighted by molar-refractivity contribution is 5.63. The van der Waals surface area contributed by atoms with Crippen molar-refractivity contribution in [3.63, 3.8) is 0 Å². The Bertz CT molecular complexity index is 819. The van der Waals surface area contributed by atoms with E-state index in [-0.39, 0.29) is 6.23 Å². The summed E-state index contributed by atoms with van der Waals surface area (Å²) >= 11 is 0. The lowest BCUT2D eigenvalue weighted by molar-refractivity contribution is 0.227. The van der Waals surface area contributed by atoms with Crippen LogP contribution in [0.3, 0.4) is 0 Å². The van der Waals surface area contributed by atoms with E-state index in [0.29, 0.717) is 0 Å². The third-order valence-corrected chi connectivity index (χ3v) is 4.18. The molecule has 120 valence electrons. The highest BCUT2D eigenvalue weighted by Gasteiger charge is 2.32. The van der Waals surface area contributed by atoms with Crippen molar-refractivity contribution < 1.29 is 9.47 Å². The Kier molecular flexibility index (Phi) is 3.79. The van der Waals surface area contributed by atoms with E-state index in [2.05, 4.69) is 28.1 Å². The average molecular weight is 318 g/mol. The number of benzene rings is 2. The van der Waals surface area contributed by atoms with Crippen LogP contribution < -0.4 is 14.4 Å². The summed E-state index contributed by atoms with van der Waals surface area (Å²) in [6, 6.07) is 20.2. The Hall–Kier alpha value is -3.01. The summed E-state index contributed by atoms with van der Waals surface area (Å²) in [5, 5.41) is 0. The minimum atomic E-state index is -0.168. The second-order valence-corrected chi connectivity index (χ2v) is 5.70. The fourth-order valence-electron chi connectivity index (χ4n) is 2.97. The monoisotopic (exact) mass is 318 g/mol. The number of fused-ring (bicyclic) bond motifs is 1. The van der Waals surface area contributed by atoms with Crippen molar-refractivity contribution in [1.82, 2.24) is 4.98 Å². The number of aromatic nitrogens is 1. The highest BCUT2D eigenvalue weighted by Crippen LogP contribution is 2.43. The molecular weight excluding hydrogens is 300 g/mol. The lowest BCUT2D eigenvalue weighted by Crippen LogP contribution is -2.26. The number of anilines is 1. The van der Waals surface area contributed by atoms with Crippen molar-refractivity contribution in [3.05, 3.63) is 84.2 Å². The van der Waals surface area contributed by atoms with E-state index in [0.717, 1.165) is 29.3 Å². The zero-order valence-corrected chi connectivity index (χ0v) is 13.4. The predicted molar refractivity (Wildman–Crippen MR) is 93.2 cm³/mol. The number of para-hydroxylation sites is 2. The van der Waals surface area contributed by atoms with E-state index in [9.17, 15) is 0 Å². The van der Waals surface area contributed by atoms with Crippen LogP contribution in [0, 0.1) is 0 Å². The van der Waals surface area contributed by atoms with Crippen LogP contribution in [0.4, 0.5) is 5.69 Å². The molecule has 24 heavy (non-hydrogen) atoms. The van der Waals surface area contributed by atoms with E-state index in [1.807, 2.05) is 48.7 Å². The summed E-state index contributed by atoms with van der Waals surface area (Å²) in [5.41, 5.74) is 3.34. The Morgan fingerprint density at radius 3 is 2.62 bits per heavy atom. The largest absolute Gasteiger partial charge is 0.497 e. The summed E-state index contributed by atoms with van der Waals surface area (Å²) in [4.78, 5) is 6.49. The Balaban J connectivity index is 1.68. The van der Waals surface area contributed by atoms with Gasteiger partial charge >= 0.3 is 0 Å². The fourth-order valence-corrected chi connectivity index (χ4v) is 2.97. The molecule has 1 atom stereocenters. The molecule has 0 saturated heterocycles. The van der Waals surface area contributed by atoms with Crippen LogP contribution in [0.5, 0.6) is 11.5 Å². The SMILES string of the molecule is COc1ccc(CN2c3ccccc3OC2c2cccnc2)cc1. The summed E-state index contributed by atoms with van der Waals surface area (Å²) in [6.07, 6.45) is 3.47. The number of nitrogens with zero attached hydrogens (tertiary/aromatic N) is 2. The summed E-state index contributed by atoms with van der Waals surface area (Å²) in [7, 11) is 1.68. The van der Waals surface area contributed by atoms with E-state index < -0.39 is 0 Å². The van der Waals surface area contributed by atoms with Crippen LogP contribution in [-0.4, -0.2) is 12.1 Å². The lowest BCUT2D eigenvalue weighted by Gasteiger charge is -2.25. The normalized spacial score (nSPS) is 15.7. The van der Waals surface area contributed by atoms with Gasteiger partial charge in [0.25, 0.3) is 0 Å². The quantitative estimate of drug-likeness (QED) is 0.722. The van der Waals surface area contributed by atoms with Crippen LogP contribution in [0.2, 0.25) is 0 Å². The second-order valence-electron chi connectivity index (χ2n) is 5.70. The summed E-state index contributed by atoms with van der Waals surface area (Å²) in [6.45, 7) is 0.751. The predicted octanol–water partition coefficient (Wildman–Crippen LogP) is 4.19. The average Bonchev–Trinajstić information content (AvgIpc) is 3.02. The molecular formula is C20H18N2O2. The first-order valence-electron chi connectivity index (χ1n) is 7.90. The van der Waals surface area contributed by atoms with Gasteiger partial charge in [0.2, 0.25) is 6.23 Å². The zero-order chi connectivity index (χ0) is 16.4. The van der Waals surface area contributed by atoms with Gasteiger partial charge in [-0.15, -0.1) is 0 Å². The molecule has 1 aliphatic rings. The minimum Gasteiger partial charge on any atom is -0.497 e. The molecule has 0 fully saturated rings. The van der Waals surface area contributed by atoms with E-state index in [4.69, 9.17) is 9.47 Å². The van der Waals surface area contributed by atoms with Crippen molar-refractivity contribution in [3.8, 4) is 11.5 Å². The Morgan fingerprint density at radius 2 is 1.88 bits per heavy atom. The Morgan fingerprint density at radius 1 is 1.04 bits per heavy atom. The van der Waals surface area contributed by atoms with Crippen LogP contribution >= 0.6 is 0 Å². The minimum absolute atomic E-state index is 0.168. The number of hydrogen-bond acceptors (Lipinski definition) is 4. The molecule has 1 unspecified atom stereocenters. The highest BCUT2D eigenvalue weighted by atomic mass is 16.5. The molecule has 0 bridgehead atoms. The molecule has 0 amide bonds. The molecule has 0 saturated carbocycles. The van der Waals surface area contributed by atoms with Gasteiger partial charge in [-0.1, -0.05) is 30.3 Å². The van der Waals surface area contributed by atoms with Gasteiger partial charge in [-0.05, 0) is 35.9 Å². The fraction of sp³-hybridized carbons (Fsp3) is 0.150. The van der Waals surface area contributed by atoms with E-state index in [1.165, 1.54) is 5.56 Å². The maximum absolute atomic E-state index is 6.18. The van der Waals surface area contributed by atoms with Gasteiger partial charge in [-0.25, -0.2) is 0 Å². The van der Waals surface area contributed by atoms with Gasteiger partial charge in [0.1, 0.15) is 11.5 Å². The number of rotatable bonds is 4. The first kappa shape index (κ1) is 14.6. The van der Waals surface area contributed by atoms with Gasteiger partial charge < -0.3 is 14.4 Å². The van der Waals surface area contributed by atoms with E-state index >= 15 is 0 Å². The summed E-state index contributed by atoms with van der Waals surface area (Å²) < 4.78 is 11.4. The molecule has 0 radical (unpaired) electrons. The zero-order valence-electron chi connectivity index (χ0n) is 13.4. The number of methoxy groups -OCH3 is 1. The molecule has 0 N–H and O–H groups in total. The topological polar surface area (TPSA) is 34.6 Å². The van der Waals surface area contributed by atoms with Gasteiger partial charge in [0.15, 0.2) is 0 Å². The standard InChI is InChI=1S/C20H18N2O2/c1-23-17-10-8-15(9-11-17)14-22-18-6-2-3-7-19(18)24-20(22)16-5-4-12-21-13-16/h2-13,20H,14H2,1H3. The maximum Gasteiger partial charge on any atom is 0.200 e. The maximum atomic E-state index is 6.18. The van der Waals surface area contributed by atoms with Gasteiger partial charge in [0.05, 0.1) is 12.8 Å². The molecule has 1 aliphatic heterocycles. The molecule has 2 aromatic carbocycles. The first-order valence-corrected chi connectivity index (χ1v) is 7.90. The molecule has 4 heteroatoms. The van der Waals surface area contributed by atoms with Crippen LogP contribution in [0.15, 0.2) is 73.1 Å². The molecule has 0 aliphatic carbocycles. The molecule has 4 nitrogen and oxygen atoms in total. The van der Waals surface area contributed by atoms with Crippen molar-refractivity contribution in [2.45, 2.75) is 12.8 Å². The molecule has 3 aromatic rings. The number of hydrogen-bond donors (Lipinski definition) is 0. The smallest absolute Gasteiger partial charge is 0.200 e. The number of ether oxygens (including phenoxy) is 2. The molecule has 2 heterocycles. The number of pyridine rings is 1. The van der Waals surface area contributed by atoms with Crippen molar-refractivity contribution in [2.75, 3.05) is 12.0 Å². The third kappa shape index (κ3) is 2.67. The first-order chi connectivity index (χ1) is 11.8. The lowest BCUT2D eigenvalue weighted by atomic mass is 10.1. The van der Waals surface area contributed by atoms with Gasteiger partial charge in [-0.2, -0.15) is 0 Å². The van der Waals surface area contributed by atoms with Gasteiger partial charge in [-0.3, -0.25) is 4.98 Å². The third-order valence-electron chi connectivity index (χ3n) is 4.18. The Labute approximate surface area is 141 Å². The van der Waals surface area contributed by atoms with Gasteiger partial charge in [0, 0.05) is 24.5 Å². The van der Waals surface area contributed by atoms with Crippen LogP contribution in [0.1, 0.15) is 17.4 Å². The van der Waals surface area contributed by atoms with Crippen molar-refractivity contribution in [2.24, 2.45) is 0 Å². The van der Waals surface area contributed by atoms with E-state index in [1.54, 1.807) is 13.3 Å². The van der Waals surface area contributed by atoms with Crippen LogP contribution in [0.25, 0.3) is 0 Å². The molecule has 1 aromatic heterocycles. The molecule has 4 rings (SSSR count). The summed E-state index contributed by atoms with van der Waals surface area (Å²) in [5.74, 6) is 1.76. The van der Waals surface area contributed by atoms with Crippen molar-refractivity contribution in [1.29, 1.82) is 0 Å².